The Morgan fingerprint density at radius 1 is 1.43 bits per heavy atom. The topological polar surface area (TPSA) is 49.9 Å². The summed E-state index contributed by atoms with van der Waals surface area (Å²) in [5.41, 5.74) is 8.80. The number of nitrogens with two attached hydrogens (primary N) is 1. The Kier molecular flexibility index (Phi) is 5.69. The summed E-state index contributed by atoms with van der Waals surface area (Å²) >= 11 is 0. The fourth-order valence-corrected chi connectivity index (χ4v) is 1.08. The molecule has 0 bridgehead atoms. The van der Waals surface area contributed by atoms with Crippen molar-refractivity contribution in [3.63, 3.8) is 0 Å². The van der Waals surface area contributed by atoms with Crippen LogP contribution in [0.4, 0.5) is 5.69 Å². The van der Waals surface area contributed by atoms with E-state index in [0.29, 0.717) is 11.4 Å². The average molecular weight is 191 g/mol. The van der Waals surface area contributed by atoms with Gasteiger partial charge in [0.15, 0.2) is 0 Å². The molecule has 2 nitrogen and oxygen atoms in total. The minimum Gasteiger partial charge on any atom is -0.398 e. The number of anilines is 1. The van der Waals surface area contributed by atoms with Gasteiger partial charge in [-0.2, -0.15) is 0 Å². The summed E-state index contributed by atoms with van der Waals surface area (Å²) in [5.74, 6) is 0. The standard InChI is InChI=1S/C9H12BN2.C2H6.H2/c1-6(11)8-5-7(10-2)3-4-9(8)12;1-2;/h3-5,11H,12H2,1-2H3;1-2H3;1H. The molecule has 0 unspecified atom stereocenters. The summed E-state index contributed by atoms with van der Waals surface area (Å²) in [5, 5.41) is 7.45. The van der Waals surface area contributed by atoms with E-state index >= 15 is 0 Å². The van der Waals surface area contributed by atoms with E-state index in [-0.39, 0.29) is 1.43 Å². The van der Waals surface area contributed by atoms with Crippen molar-refractivity contribution in [1.82, 2.24) is 0 Å². The highest BCUT2D eigenvalue weighted by Crippen LogP contribution is 2.09. The highest BCUT2D eigenvalue weighted by atomic mass is 14.6. The van der Waals surface area contributed by atoms with Crippen LogP contribution >= 0.6 is 0 Å². The van der Waals surface area contributed by atoms with Gasteiger partial charge >= 0.3 is 0 Å². The van der Waals surface area contributed by atoms with E-state index in [2.05, 4.69) is 0 Å². The first-order valence-electron chi connectivity index (χ1n) is 4.89. The van der Waals surface area contributed by atoms with E-state index in [0.717, 1.165) is 11.0 Å². The fourth-order valence-electron chi connectivity index (χ4n) is 1.08. The monoisotopic (exact) mass is 191 g/mol. The molecular formula is C11H20BN2. The van der Waals surface area contributed by atoms with Crippen LogP contribution in [0.2, 0.25) is 6.82 Å². The van der Waals surface area contributed by atoms with Gasteiger partial charge in [-0.1, -0.05) is 38.3 Å². The molecule has 0 atom stereocenters. The Labute approximate surface area is 88.8 Å². The van der Waals surface area contributed by atoms with Gasteiger partial charge in [0.2, 0.25) is 0 Å². The molecule has 0 aliphatic rings. The summed E-state index contributed by atoms with van der Waals surface area (Å²) in [4.78, 5) is 0. The molecule has 0 saturated carbocycles. The summed E-state index contributed by atoms with van der Waals surface area (Å²) in [7, 11) is 1.99. The normalized spacial score (nSPS) is 8.57. The maximum atomic E-state index is 7.45. The van der Waals surface area contributed by atoms with Gasteiger partial charge in [0.1, 0.15) is 7.28 Å². The van der Waals surface area contributed by atoms with Gasteiger partial charge in [0.05, 0.1) is 0 Å². The highest BCUT2D eigenvalue weighted by Gasteiger charge is 2.01. The third-order valence-corrected chi connectivity index (χ3v) is 1.81. The zero-order valence-electron chi connectivity index (χ0n) is 9.39. The predicted octanol–water partition coefficient (Wildman–Crippen LogP) is 2.31. The van der Waals surface area contributed by atoms with E-state index < -0.39 is 0 Å². The SMILES string of the molecule is CC.C[B]c1ccc(N)c(C(C)=N)c1.[HH]. The first-order chi connectivity index (χ1) is 6.65. The van der Waals surface area contributed by atoms with Gasteiger partial charge < -0.3 is 11.1 Å². The molecule has 0 spiro atoms. The molecule has 0 saturated heterocycles. The molecule has 0 aliphatic carbocycles. The second kappa shape index (κ2) is 6.25. The minimum atomic E-state index is 0. The van der Waals surface area contributed by atoms with E-state index in [4.69, 9.17) is 11.1 Å². The van der Waals surface area contributed by atoms with Crippen LogP contribution in [0, 0.1) is 5.41 Å². The van der Waals surface area contributed by atoms with Gasteiger partial charge in [0, 0.05) is 18.4 Å². The van der Waals surface area contributed by atoms with Crippen molar-refractivity contribution < 1.29 is 1.43 Å². The Morgan fingerprint density at radius 3 is 2.43 bits per heavy atom. The number of nitrogen functional groups attached to an aromatic ring is 1. The molecule has 77 valence electrons. The number of nitrogens with one attached hydrogen (secondary N) is 1. The van der Waals surface area contributed by atoms with Crippen molar-refractivity contribution in [3.05, 3.63) is 23.8 Å². The quantitative estimate of drug-likeness (QED) is 0.420. The Morgan fingerprint density at radius 2 is 2.00 bits per heavy atom. The molecule has 3 heteroatoms. The van der Waals surface area contributed by atoms with Crippen molar-refractivity contribution in [2.45, 2.75) is 27.6 Å². The molecule has 14 heavy (non-hydrogen) atoms. The van der Waals surface area contributed by atoms with Crippen molar-refractivity contribution >= 4 is 24.1 Å². The number of benzene rings is 1. The van der Waals surface area contributed by atoms with Crippen LogP contribution in [-0.4, -0.2) is 13.0 Å². The van der Waals surface area contributed by atoms with Gasteiger partial charge in [-0.05, 0) is 13.0 Å². The second-order valence-electron chi connectivity index (χ2n) is 2.76. The molecule has 0 aliphatic heterocycles. The average Bonchev–Trinajstić information content (AvgIpc) is 2.21. The molecule has 1 radical (unpaired) electrons. The fraction of sp³-hybridized carbons (Fsp3) is 0.364. The Hall–Kier alpha value is -1.25. The molecule has 1 aromatic rings. The maximum absolute atomic E-state index is 7.45. The first kappa shape index (κ1) is 12.8. The number of hydrogen-bond donors (Lipinski definition) is 2. The van der Waals surface area contributed by atoms with Crippen molar-refractivity contribution in [1.29, 1.82) is 5.41 Å². The largest absolute Gasteiger partial charge is 0.398 e. The van der Waals surface area contributed by atoms with Crippen LogP contribution < -0.4 is 11.2 Å². The van der Waals surface area contributed by atoms with Crippen LogP contribution in [0.3, 0.4) is 0 Å². The molecule has 0 heterocycles. The highest BCUT2D eigenvalue weighted by molar-refractivity contribution is 6.52. The lowest BCUT2D eigenvalue weighted by Gasteiger charge is -2.05. The summed E-state index contributed by atoms with van der Waals surface area (Å²) in [6, 6.07) is 5.71. The minimum absolute atomic E-state index is 0. The van der Waals surface area contributed by atoms with Gasteiger partial charge in [0.25, 0.3) is 0 Å². The van der Waals surface area contributed by atoms with E-state index in [9.17, 15) is 0 Å². The third-order valence-electron chi connectivity index (χ3n) is 1.81. The summed E-state index contributed by atoms with van der Waals surface area (Å²) in [6.07, 6.45) is 0. The van der Waals surface area contributed by atoms with E-state index in [1.165, 1.54) is 0 Å². The first-order valence-corrected chi connectivity index (χ1v) is 4.89. The van der Waals surface area contributed by atoms with E-state index in [1.54, 1.807) is 6.92 Å². The number of rotatable bonds is 2. The molecule has 3 N–H and O–H groups in total. The van der Waals surface area contributed by atoms with Crippen molar-refractivity contribution in [3.8, 4) is 0 Å². The second-order valence-corrected chi connectivity index (χ2v) is 2.76. The van der Waals surface area contributed by atoms with Crippen LogP contribution in [0.1, 0.15) is 27.8 Å². The molecule has 0 aromatic heterocycles. The van der Waals surface area contributed by atoms with E-state index in [1.807, 2.05) is 46.1 Å². The van der Waals surface area contributed by atoms with Crippen molar-refractivity contribution in [2.24, 2.45) is 0 Å². The van der Waals surface area contributed by atoms with Crippen LogP contribution in [0.5, 0.6) is 0 Å². The van der Waals surface area contributed by atoms with Gasteiger partial charge in [-0.15, -0.1) is 0 Å². The number of hydrogen-bond acceptors (Lipinski definition) is 2. The molecule has 0 amide bonds. The lowest BCUT2D eigenvalue weighted by molar-refractivity contribution is 1.46. The van der Waals surface area contributed by atoms with Crippen LogP contribution in [0.25, 0.3) is 0 Å². The molecule has 0 fully saturated rings. The van der Waals surface area contributed by atoms with Crippen molar-refractivity contribution in [2.75, 3.05) is 5.73 Å². The molecule has 1 rings (SSSR count). The molecule has 1 aromatic carbocycles. The van der Waals surface area contributed by atoms with Crippen LogP contribution in [-0.2, 0) is 0 Å². The van der Waals surface area contributed by atoms with Crippen LogP contribution in [0.15, 0.2) is 18.2 Å². The maximum Gasteiger partial charge on any atom is 0.148 e. The molecular weight excluding hydrogens is 171 g/mol. The Balaban J connectivity index is 0. The Bertz CT molecular complexity index is 313. The zero-order chi connectivity index (χ0) is 11.1. The summed E-state index contributed by atoms with van der Waals surface area (Å²) < 4.78 is 0. The predicted molar refractivity (Wildman–Crippen MR) is 68.1 cm³/mol. The smallest absolute Gasteiger partial charge is 0.148 e. The van der Waals surface area contributed by atoms with Gasteiger partial charge in [-0.25, -0.2) is 0 Å². The zero-order valence-corrected chi connectivity index (χ0v) is 9.39. The summed E-state index contributed by atoms with van der Waals surface area (Å²) in [6.45, 7) is 7.71. The van der Waals surface area contributed by atoms with Gasteiger partial charge in [-0.3, -0.25) is 0 Å². The lowest BCUT2D eigenvalue weighted by Crippen LogP contribution is -2.13. The lowest BCUT2D eigenvalue weighted by atomic mass is 9.72. The third kappa shape index (κ3) is 3.25.